The molecule has 1 amide bonds. The maximum atomic E-state index is 11.2. The van der Waals surface area contributed by atoms with Gasteiger partial charge in [-0.15, -0.1) is 0 Å². The average Bonchev–Trinajstić information content (AvgIpc) is 2.29. The highest BCUT2D eigenvalue weighted by Crippen LogP contribution is 2.13. The van der Waals surface area contributed by atoms with Crippen molar-refractivity contribution in [3.63, 3.8) is 0 Å². The number of rotatable bonds is 2. The smallest absolute Gasteiger partial charge is 0.335 e. The van der Waals surface area contributed by atoms with Gasteiger partial charge in [-0.3, -0.25) is 4.79 Å². The van der Waals surface area contributed by atoms with Gasteiger partial charge in [0.05, 0.1) is 12.1 Å². The van der Waals surface area contributed by atoms with Gasteiger partial charge >= 0.3 is 5.97 Å². The fourth-order valence-electron chi connectivity index (χ4n) is 1.56. The molecule has 2 heterocycles. The van der Waals surface area contributed by atoms with Crippen LogP contribution < -0.4 is 10.2 Å². The second kappa shape index (κ2) is 4.18. The summed E-state index contributed by atoms with van der Waals surface area (Å²) in [5.41, 5.74) is 0.177. The van der Waals surface area contributed by atoms with Crippen LogP contribution in [-0.2, 0) is 4.79 Å². The lowest BCUT2D eigenvalue weighted by molar-refractivity contribution is -0.120. The van der Waals surface area contributed by atoms with Crippen LogP contribution in [0.5, 0.6) is 0 Å². The van der Waals surface area contributed by atoms with Crippen molar-refractivity contribution < 1.29 is 14.7 Å². The van der Waals surface area contributed by atoms with Crippen LogP contribution >= 0.6 is 0 Å². The van der Waals surface area contributed by atoms with E-state index in [-0.39, 0.29) is 18.0 Å². The summed E-state index contributed by atoms with van der Waals surface area (Å²) in [4.78, 5) is 27.8. The van der Waals surface area contributed by atoms with Crippen molar-refractivity contribution in [1.29, 1.82) is 0 Å². The van der Waals surface area contributed by atoms with Crippen molar-refractivity contribution in [1.82, 2.24) is 10.3 Å². The highest BCUT2D eigenvalue weighted by Gasteiger charge is 2.18. The van der Waals surface area contributed by atoms with E-state index in [0.29, 0.717) is 18.9 Å². The van der Waals surface area contributed by atoms with E-state index < -0.39 is 5.97 Å². The van der Waals surface area contributed by atoms with Crippen LogP contribution in [0.4, 0.5) is 5.82 Å². The number of nitrogens with zero attached hydrogens (tertiary/aromatic N) is 2. The van der Waals surface area contributed by atoms with Crippen LogP contribution in [0.2, 0.25) is 0 Å². The molecule has 1 fully saturated rings. The Morgan fingerprint density at radius 3 is 3.06 bits per heavy atom. The van der Waals surface area contributed by atoms with Crippen LogP contribution in [0.25, 0.3) is 0 Å². The molecule has 0 aromatic carbocycles. The van der Waals surface area contributed by atoms with E-state index in [4.69, 9.17) is 5.11 Å². The van der Waals surface area contributed by atoms with Gasteiger partial charge in [0.25, 0.3) is 0 Å². The predicted molar refractivity (Wildman–Crippen MR) is 56.4 cm³/mol. The number of carbonyl (C=O) groups is 2. The number of aromatic nitrogens is 1. The molecule has 0 saturated carbocycles. The number of hydrogen-bond acceptors (Lipinski definition) is 4. The zero-order valence-corrected chi connectivity index (χ0v) is 8.51. The Morgan fingerprint density at radius 2 is 2.38 bits per heavy atom. The molecule has 0 aliphatic carbocycles. The third-order valence-electron chi connectivity index (χ3n) is 2.35. The first kappa shape index (κ1) is 10.4. The van der Waals surface area contributed by atoms with Crippen LogP contribution in [0.15, 0.2) is 18.3 Å². The number of carboxylic acids is 1. The molecule has 0 spiro atoms. The molecule has 1 aliphatic heterocycles. The minimum absolute atomic E-state index is 0.0752. The SMILES string of the molecule is O=C1CN(c2cc(C(=O)O)ccn2)CCN1. The normalized spacial score (nSPS) is 15.8. The van der Waals surface area contributed by atoms with Crippen molar-refractivity contribution in [3.8, 4) is 0 Å². The van der Waals surface area contributed by atoms with Gasteiger partial charge in [0.15, 0.2) is 0 Å². The van der Waals surface area contributed by atoms with Crippen molar-refractivity contribution in [3.05, 3.63) is 23.9 Å². The molecule has 0 radical (unpaired) electrons. The number of aromatic carboxylic acids is 1. The molecular formula is C10H11N3O3. The minimum Gasteiger partial charge on any atom is -0.478 e. The monoisotopic (exact) mass is 221 g/mol. The van der Waals surface area contributed by atoms with E-state index in [1.54, 1.807) is 4.90 Å². The molecule has 0 unspecified atom stereocenters. The Bertz CT molecular complexity index is 433. The Hall–Kier alpha value is -2.11. The van der Waals surface area contributed by atoms with Gasteiger partial charge < -0.3 is 15.3 Å². The fourth-order valence-corrected chi connectivity index (χ4v) is 1.56. The van der Waals surface area contributed by atoms with Gasteiger partial charge in [-0.1, -0.05) is 0 Å². The van der Waals surface area contributed by atoms with Crippen LogP contribution in [0.1, 0.15) is 10.4 Å². The molecule has 6 nitrogen and oxygen atoms in total. The molecule has 1 aromatic heterocycles. The zero-order valence-electron chi connectivity index (χ0n) is 8.51. The molecule has 6 heteroatoms. The van der Waals surface area contributed by atoms with Crippen LogP contribution in [-0.4, -0.2) is 41.6 Å². The summed E-state index contributed by atoms with van der Waals surface area (Å²) in [7, 11) is 0. The number of anilines is 1. The topological polar surface area (TPSA) is 82.5 Å². The average molecular weight is 221 g/mol. The summed E-state index contributed by atoms with van der Waals surface area (Å²) in [6.07, 6.45) is 1.44. The molecule has 2 rings (SSSR count). The molecule has 1 saturated heterocycles. The standard InChI is InChI=1S/C10H11N3O3/c14-9-6-13(4-3-12-9)8-5-7(10(15)16)1-2-11-8/h1-2,5H,3-4,6H2,(H,12,14)(H,15,16). The molecule has 16 heavy (non-hydrogen) atoms. The first-order valence-corrected chi connectivity index (χ1v) is 4.88. The summed E-state index contributed by atoms with van der Waals surface area (Å²) in [5, 5.41) is 11.5. The number of amides is 1. The summed E-state index contributed by atoms with van der Waals surface area (Å²) >= 11 is 0. The van der Waals surface area contributed by atoms with Gasteiger partial charge in [-0.05, 0) is 12.1 Å². The van der Waals surface area contributed by atoms with E-state index in [9.17, 15) is 9.59 Å². The van der Waals surface area contributed by atoms with Crippen LogP contribution in [0, 0.1) is 0 Å². The largest absolute Gasteiger partial charge is 0.478 e. The van der Waals surface area contributed by atoms with Crippen molar-refractivity contribution in [2.75, 3.05) is 24.5 Å². The molecule has 1 aromatic rings. The highest BCUT2D eigenvalue weighted by atomic mass is 16.4. The van der Waals surface area contributed by atoms with E-state index in [1.807, 2.05) is 0 Å². The Kier molecular flexibility index (Phi) is 2.72. The number of piperazine rings is 1. The number of nitrogens with one attached hydrogen (secondary N) is 1. The van der Waals surface area contributed by atoms with Gasteiger partial charge in [0, 0.05) is 19.3 Å². The number of pyridine rings is 1. The second-order valence-corrected chi connectivity index (χ2v) is 3.48. The third-order valence-corrected chi connectivity index (χ3v) is 2.35. The van der Waals surface area contributed by atoms with Crippen LogP contribution in [0.3, 0.4) is 0 Å². The Labute approximate surface area is 91.9 Å². The molecular weight excluding hydrogens is 210 g/mol. The number of carbonyl (C=O) groups excluding carboxylic acids is 1. The van der Waals surface area contributed by atoms with E-state index >= 15 is 0 Å². The zero-order chi connectivity index (χ0) is 11.5. The number of carboxylic acid groups (broad SMARTS) is 1. The van der Waals surface area contributed by atoms with Crippen molar-refractivity contribution >= 4 is 17.7 Å². The lowest BCUT2D eigenvalue weighted by Crippen LogP contribution is -2.48. The molecule has 2 N–H and O–H groups in total. The van der Waals surface area contributed by atoms with E-state index in [0.717, 1.165) is 0 Å². The number of hydrogen-bond donors (Lipinski definition) is 2. The second-order valence-electron chi connectivity index (χ2n) is 3.48. The van der Waals surface area contributed by atoms with Gasteiger partial charge in [0.1, 0.15) is 5.82 Å². The lowest BCUT2D eigenvalue weighted by Gasteiger charge is -2.27. The summed E-state index contributed by atoms with van der Waals surface area (Å²) in [6.45, 7) is 1.41. The molecule has 0 atom stereocenters. The first-order valence-electron chi connectivity index (χ1n) is 4.88. The maximum absolute atomic E-state index is 11.2. The quantitative estimate of drug-likeness (QED) is 0.717. The minimum atomic E-state index is -0.995. The molecule has 0 bridgehead atoms. The van der Waals surface area contributed by atoms with Crippen molar-refractivity contribution in [2.45, 2.75) is 0 Å². The van der Waals surface area contributed by atoms with Gasteiger partial charge in [-0.2, -0.15) is 0 Å². The summed E-state index contributed by atoms with van der Waals surface area (Å²) < 4.78 is 0. The summed E-state index contributed by atoms with van der Waals surface area (Å²) in [6, 6.07) is 2.90. The molecule has 84 valence electrons. The highest BCUT2D eigenvalue weighted by molar-refractivity contribution is 5.89. The van der Waals surface area contributed by atoms with Crippen molar-refractivity contribution in [2.24, 2.45) is 0 Å². The molecule has 1 aliphatic rings. The third kappa shape index (κ3) is 2.10. The van der Waals surface area contributed by atoms with Gasteiger partial charge in [-0.25, -0.2) is 9.78 Å². The predicted octanol–water partition coefficient (Wildman–Crippen LogP) is -0.284. The summed E-state index contributed by atoms with van der Waals surface area (Å²) in [5.74, 6) is -0.548. The van der Waals surface area contributed by atoms with Gasteiger partial charge in [0.2, 0.25) is 5.91 Å². The van der Waals surface area contributed by atoms with E-state index in [2.05, 4.69) is 10.3 Å². The lowest BCUT2D eigenvalue weighted by atomic mass is 10.2. The van der Waals surface area contributed by atoms with E-state index in [1.165, 1.54) is 18.3 Å². The Balaban J connectivity index is 2.22. The maximum Gasteiger partial charge on any atom is 0.335 e. The first-order chi connectivity index (χ1) is 7.66. The Morgan fingerprint density at radius 1 is 1.56 bits per heavy atom. The fraction of sp³-hybridized carbons (Fsp3) is 0.300.